The Morgan fingerprint density at radius 1 is 1.00 bits per heavy atom. The zero-order valence-electron chi connectivity index (χ0n) is 17.7. The van der Waals surface area contributed by atoms with Gasteiger partial charge in [0.05, 0.1) is 19.2 Å². The molecule has 8 heteroatoms. The molecule has 162 valence electrons. The minimum absolute atomic E-state index is 0.201. The minimum atomic E-state index is -0.612. The first-order chi connectivity index (χ1) is 15.0. The number of aliphatic hydroxyl groups excluding tert-OH is 1. The van der Waals surface area contributed by atoms with Crippen molar-refractivity contribution in [2.75, 3.05) is 13.6 Å². The van der Waals surface area contributed by atoms with Gasteiger partial charge in [-0.15, -0.1) is 0 Å². The molecule has 4 rings (SSSR count). The third-order valence-electron chi connectivity index (χ3n) is 5.54. The highest BCUT2D eigenvalue weighted by molar-refractivity contribution is 6.04. The Hall–Kier alpha value is -3.39. The van der Waals surface area contributed by atoms with E-state index in [9.17, 15) is 14.7 Å². The molecule has 2 N–H and O–H groups in total. The lowest BCUT2D eigenvalue weighted by Crippen LogP contribution is -2.65. The summed E-state index contributed by atoms with van der Waals surface area (Å²) >= 11 is 0. The Kier molecular flexibility index (Phi) is 5.90. The quantitative estimate of drug-likeness (QED) is 0.740. The summed E-state index contributed by atoms with van der Waals surface area (Å²) in [5, 5.41) is 12.9. The minimum Gasteiger partial charge on any atom is -0.391 e. The van der Waals surface area contributed by atoms with Crippen LogP contribution >= 0.6 is 0 Å². The molecule has 0 aliphatic carbocycles. The van der Waals surface area contributed by atoms with Crippen LogP contribution in [0.4, 0.5) is 4.79 Å². The summed E-state index contributed by atoms with van der Waals surface area (Å²) < 4.78 is 0. The van der Waals surface area contributed by atoms with Gasteiger partial charge in [0.1, 0.15) is 6.17 Å². The number of amides is 3. The van der Waals surface area contributed by atoms with E-state index in [1.165, 1.54) is 4.90 Å². The van der Waals surface area contributed by atoms with Crippen molar-refractivity contribution in [3.63, 3.8) is 0 Å². The van der Waals surface area contributed by atoms with Crippen LogP contribution in [0.1, 0.15) is 18.1 Å². The molecule has 2 fully saturated rings. The summed E-state index contributed by atoms with van der Waals surface area (Å²) in [7, 11) is 1.69. The molecular weight excluding hydrogens is 394 g/mol. The molecule has 2 heterocycles. The molecule has 3 atom stereocenters. The summed E-state index contributed by atoms with van der Waals surface area (Å²) in [6.45, 7) is 2.54. The highest BCUT2D eigenvalue weighted by atomic mass is 16.3. The van der Waals surface area contributed by atoms with Crippen molar-refractivity contribution in [1.82, 2.24) is 20.0 Å². The Labute approximate surface area is 181 Å². The van der Waals surface area contributed by atoms with Gasteiger partial charge in [-0.25, -0.2) is 4.79 Å². The van der Waals surface area contributed by atoms with Crippen molar-refractivity contribution in [3.8, 4) is 0 Å². The van der Waals surface area contributed by atoms with Gasteiger partial charge in [-0.05, 0) is 18.1 Å². The second-order valence-corrected chi connectivity index (χ2v) is 7.96. The summed E-state index contributed by atoms with van der Waals surface area (Å²) in [6, 6.07) is 18.3. The van der Waals surface area contributed by atoms with Crippen molar-refractivity contribution in [1.29, 1.82) is 0 Å². The fraction of sp³-hybridized carbons (Fsp3) is 0.348. The maximum Gasteiger partial charge on any atom is 0.328 e. The van der Waals surface area contributed by atoms with E-state index in [-0.39, 0.29) is 25.0 Å². The highest BCUT2D eigenvalue weighted by Crippen LogP contribution is 2.27. The molecule has 3 amide bonds. The standard InChI is InChI=1S/C23H27N5O3/c1-16(29)13-24-22-25-20-19(27(22)14-17-9-5-3-6-10-17)21(30)28(23(31)26(20)2)15-18-11-7-4-8-12-18/h3-12,16,19-20,29H,13-15H2,1-2H3,(H,24,25)/t16-,19-,20-/m0/s1. The number of aliphatic imine (C=N–C) groups is 1. The van der Waals surface area contributed by atoms with Gasteiger partial charge in [-0.3, -0.25) is 14.7 Å². The van der Waals surface area contributed by atoms with Crippen LogP contribution in [0.5, 0.6) is 0 Å². The van der Waals surface area contributed by atoms with Gasteiger partial charge in [0.15, 0.2) is 12.0 Å². The first-order valence-corrected chi connectivity index (χ1v) is 10.4. The maximum atomic E-state index is 13.5. The van der Waals surface area contributed by atoms with E-state index in [0.717, 1.165) is 11.1 Å². The number of fused-ring (bicyclic) bond motifs is 1. The van der Waals surface area contributed by atoms with Crippen LogP contribution in [-0.2, 0) is 17.9 Å². The van der Waals surface area contributed by atoms with E-state index in [0.29, 0.717) is 12.5 Å². The van der Waals surface area contributed by atoms with Gasteiger partial charge in [0.2, 0.25) is 0 Å². The van der Waals surface area contributed by atoms with Crippen LogP contribution < -0.4 is 5.32 Å². The zero-order chi connectivity index (χ0) is 22.0. The number of rotatable bonds is 6. The number of carbonyl (C=O) groups excluding carboxylic acids is 2. The van der Waals surface area contributed by atoms with E-state index >= 15 is 0 Å². The molecule has 2 aromatic carbocycles. The van der Waals surface area contributed by atoms with Crippen molar-refractivity contribution in [3.05, 3.63) is 71.8 Å². The number of aliphatic hydroxyl groups is 1. The van der Waals surface area contributed by atoms with Crippen molar-refractivity contribution >= 4 is 17.9 Å². The van der Waals surface area contributed by atoms with Crippen molar-refractivity contribution in [2.45, 2.75) is 38.3 Å². The van der Waals surface area contributed by atoms with Crippen LogP contribution in [0.3, 0.4) is 0 Å². The molecule has 2 aliphatic rings. The number of carbonyl (C=O) groups is 2. The first-order valence-electron chi connectivity index (χ1n) is 10.4. The number of imide groups is 1. The molecule has 0 saturated carbocycles. The summed E-state index contributed by atoms with van der Waals surface area (Å²) in [4.78, 5) is 35.8. The van der Waals surface area contributed by atoms with Crippen LogP contribution in [0, 0.1) is 0 Å². The van der Waals surface area contributed by atoms with Gasteiger partial charge in [0, 0.05) is 13.6 Å². The van der Waals surface area contributed by atoms with Gasteiger partial charge in [-0.2, -0.15) is 0 Å². The Morgan fingerprint density at radius 3 is 2.16 bits per heavy atom. The summed E-state index contributed by atoms with van der Waals surface area (Å²) in [6.07, 6.45) is -1.14. The third kappa shape index (κ3) is 4.25. The van der Waals surface area contributed by atoms with Crippen LogP contribution in [0.25, 0.3) is 0 Å². The Morgan fingerprint density at radius 2 is 1.58 bits per heavy atom. The first kappa shape index (κ1) is 20.9. The SMILES string of the molecule is C[C@H](O)CN=C1N[C@@H]2[C@@H](C(=O)N(Cc3ccccc3)C(=O)N2C)N1Cc1ccccc1. The van der Waals surface area contributed by atoms with Gasteiger partial charge in [0.25, 0.3) is 5.91 Å². The average Bonchev–Trinajstić information content (AvgIpc) is 3.13. The topological polar surface area (TPSA) is 88.5 Å². The van der Waals surface area contributed by atoms with Crippen molar-refractivity contribution in [2.24, 2.45) is 4.99 Å². The lowest BCUT2D eigenvalue weighted by Gasteiger charge is -2.41. The smallest absolute Gasteiger partial charge is 0.328 e. The number of hydrogen-bond acceptors (Lipinski definition) is 4. The van der Waals surface area contributed by atoms with E-state index in [4.69, 9.17) is 0 Å². The molecule has 2 aliphatic heterocycles. The van der Waals surface area contributed by atoms with Gasteiger partial charge >= 0.3 is 6.03 Å². The van der Waals surface area contributed by atoms with Gasteiger partial charge < -0.3 is 20.2 Å². The number of likely N-dealkylation sites (N-methyl/N-ethyl adjacent to an activating group) is 1. The summed E-state index contributed by atoms with van der Waals surface area (Å²) in [5.41, 5.74) is 1.91. The Balaban J connectivity index is 1.67. The number of nitrogens with zero attached hydrogens (tertiary/aromatic N) is 4. The molecule has 31 heavy (non-hydrogen) atoms. The molecule has 2 aromatic rings. The zero-order valence-corrected chi connectivity index (χ0v) is 17.7. The predicted octanol–water partition coefficient (Wildman–Crippen LogP) is 1.62. The van der Waals surface area contributed by atoms with Gasteiger partial charge in [-0.1, -0.05) is 60.7 Å². The van der Waals surface area contributed by atoms with Crippen LogP contribution in [0.2, 0.25) is 0 Å². The van der Waals surface area contributed by atoms with E-state index in [2.05, 4.69) is 10.3 Å². The Bertz CT molecular complexity index is 964. The van der Waals surface area contributed by atoms with Crippen molar-refractivity contribution < 1.29 is 14.7 Å². The lowest BCUT2D eigenvalue weighted by molar-refractivity contribution is -0.138. The number of urea groups is 1. The second-order valence-electron chi connectivity index (χ2n) is 7.96. The monoisotopic (exact) mass is 421 g/mol. The lowest BCUT2D eigenvalue weighted by atomic mass is 10.1. The van der Waals surface area contributed by atoms with E-state index in [1.54, 1.807) is 18.9 Å². The molecular formula is C23H27N5O3. The fourth-order valence-electron chi connectivity index (χ4n) is 3.96. The van der Waals surface area contributed by atoms with Crippen LogP contribution in [0.15, 0.2) is 65.7 Å². The second kappa shape index (κ2) is 8.77. The predicted molar refractivity (Wildman–Crippen MR) is 117 cm³/mol. The highest BCUT2D eigenvalue weighted by Gasteiger charge is 2.53. The molecule has 8 nitrogen and oxygen atoms in total. The maximum absolute atomic E-state index is 13.5. The van der Waals surface area contributed by atoms with E-state index < -0.39 is 18.3 Å². The third-order valence-corrected chi connectivity index (χ3v) is 5.54. The molecule has 0 radical (unpaired) electrons. The number of hydrogen-bond donors (Lipinski definition) is 2. The molecule has 0 bridgehead atoms. The normalized spacial score (nSPS) is 23.2. The molecule has 0 spiro atoms. The number of nitrogens with one attached hydrogen (secondary N) is 1. The number of guanidine groups is 1. The molecule has 0 aromatic heterocycles. The summed E-state index contributed by atoms with van der Waals surface area (Å²) in [5.74, 6) is 0.247. The largest absolute Gasteiger partial charge is 0.391 e. The van der Waals surface area contributed by atoms with Crippen LogP contribution in [-0.4, -0.2) is 69.6 Å². The molecule has 2 saturated heterocycles. The molecule has 0 unspecified atom stereocenters. The number of benzene rings is 2. The average molecular weight is 422 g/mol. The van der Waals surface area contributed by atoms with E-state index in [1.807, 2.05) is 65.6 Å². The fourth-order valence-corrected chi connectivity index (χ4v) is 3.96.